The number of halogens is 1. The Bertz CT molecular complexity index is 1260. The van der Waals surface area contributed by atoms with Crippen LogP contribution in [-0.4, -0.2) is 32.2 Å². The SMILES string of the molecule is COc1nn(C)c(=O)c2c1ncn2Cc1ccc(C(=O)c2ccc(Cl)cc2)cc1. The van der Waals surface area contributed by atoms with Gasteiger partial charge in [0, 0.05) is 29.7 Å². The van der Waals surface area contributed by atoms with Crippen molar-refractivity contribution in [2.24, 2.45) is 7.05 Å². The average Bonchev–Trinajstić information content (AvgIpc) is 3.15. The molecule has 0 atom stereocenters. The molecule has 0 unspecified atom stereocenters. The smallest absolute Gasteiger partial charge is 0.292 e. The second-order valence-electron chi connectivity index (χ2n) is 6.54. The molecule has 8 heteroatoms. The molecular weight excluding hydrogens is 392 g/mol. The maximum Gasteiger partial charge on any atom is 0.292 e. The highest BCUT2D eigenvalue weighted by Crippen LogP contribution is 2.20. The van der Waals surface area contributed by atoms with Crippen LogP contribution < -0.4 is 10.3 Å². The van der Waals surface area contributed by atoms with Crippen molar-refractivity contribution < 1.29 is 9.53 Å². The first kappa shape index (κ1) is 18.9. The normalized spacial score (nSPS) is 11.0. The number of aromatic nitrogens is 4. The molecule has 2 heterocycles. The van der Waals surface area contributed by atoms with Crippen LogP contribution in [0.15, 0.2) is 59.7 Å². The highest BCUT2D eigenvalue weighted by atomic mass is 35.5. The molecule has 29 heavy (non-hydrogen) atoms. The Morgan fingerprint density at radius 2 is 1.69 bits per heavy atom. The van der Waals surface area contributed by atoms with E-state index >= 15 is 0 Å². The van der Waals surface area contributed by atoms with Crippen molar-refractivity contribution in [1.29, 1.82) is 0 Å². The Kier molecular flexibility index (Phi) is 4.90. The van der Waals surface area contributed by atoms with Crippen LogP contribution >= 0.6 is 11.6 Å². The van der Waals surface area contributed by atoms with Crippen LogP contribution in [-0.2, 0) is 13.6 Å². The average molecular weight is 409 g/mol. The quantitative estimate of drug-likeness (QED) is 0.474. The van der Waals surface area contributed by atoms with Crippen molar-refractivity contribution in [3.63, 3.8) is 0 Å². The van der Waals surface area contributed by atoms with Gasteiger partial charge in [-0.05, 0) is 29.8 Å². The zero-order valence-corrected chi connectivity index (χ0v) is 16.6. The summed E-state index contributed by atoms with van der Waals surface area (Å²) in [5.41, 5.74) is 2.66. The summed E-state index contributed by atoms with van der Waals surface area (Å²) in [7, 11) is 3.06. The number of fused-ring (bicyclic) bond motifs is 1. The summed E-state index contributed by atoms with van der Waals surface area (Å²) in [5.74, 6) is 0.218. The van der Waals surface area contributed by atoms with E-state index < -0.39 is 0 Å². The van der Waals surface area contributed by atoms with Crippen molar-refractivity contribution >= 4 is 28.4 Å². The number of methoxy groups -OCH3 is 1. The van der Waals surface area contributed by atoms with Gasteiger partial charge in [0.2, 0.25) is 0 Å². The Morgan fingerprint density at radius 3 is 2.31 bits per heavy atom. The molecule has 0 N–H and O–H groups in total. The number of carbonyl (C=O) groups is 1. The summed E-state index contributed by atoms with van der Waals surface area (Å²) < 4.78 is 8.20. The number of carbonyl (C=O) groups excluding carboxylic acids is 1. The minimum Gasteiger partial charge on any atom is -0.478 e. The van der Waals surface area contributed by atoms with Crippen molar-refractivity contribution in [1.82, 2.24) is 19.3 Å². The number of ether oxygens (including phenoxy) is 1. The van der Waals surface area contributed by atoms with E-state index in [2.05, 4.69) is 10.1 Å². The van der Waals surface area contributed by atoms with Gasteiger partial charge < -0.3 is 9.30 Å². The van der Waals surface area contributed by atoms with Gasteiger partial charge in [-0.2, -0.15) is 0 Å². The number of ketones is 1. The lowest BCUT2D eigenvalue weighted by Gasteiger charge is -2.08. The molecule has 0 fully saturated rings. The van der Waals surface area contributed by atoms with Crippen molar-refractivity contribution in [3.8, 4) is 5.88 Å². The van der Waals surface area contributed by atoms with Gasteiger partial charge in [-0.1, -0.05) is 35.9 Å². The maximum absolute atomic E-state index is 12.6. The molecule has 0 bridgehead atoms. The zero-order valence-electron chi connectivity index (χ0n) is 15.8. The van der Waals surface area contributed by atoms with Gasteiger partial charge in [-0.3, -0.25) is 9.59 Å². The van der Waals surface area contributed by atoms with Crippen LogP contribution in [0.4, 0.5) is 0 Å². The summed E-state index contributed by atoms with van der Waals surface area (Å²) in [6.45, 7) is 0.425. The van der Waals surface area contributed by atoms with E-state index in [0.717, 1.165) is 5.56 Å². The molecule has 7 nitrogen and oxygen atoms in total. The molecule has 0 saturated heterocycles. The van der Waals surface area contributed by atoms with Gasteiger partial charge in [-0.15, -0.1) is 5.10 Å². The largest absolute Gasteiger partial charge is 0.478 e. The highest BCUT2D eigenvalue weighted by molar-refractivity contribution is 6.30. The summed E-state index contributed by atoms with van der Waals surface area (Å²) >= 11 is 5.88. The topological polar surface area (TPSA) is 79.0 Å². The third-order valence-corrected chi connectivity index (χ3v) is 4.90. The molecular formula is C21H17ClN4O3. The van der Waals surface area contributed by atoms with E-state index in [4.69, 9.17) is 16.3 Å². The Hall–Kier alpha value is -3.45. The van der Waals surface area contributed by atoms with Crippen LogP contribution in [0.1, 0.15) is 21.5 Å². The molecule has 0 saturated carbocycles. The molecule has 0 aliphatic rings. The lowest BCUT2D eigenvalue weighted by atomic mass is 10.0. The van der Waals surface area contributed by atoms with Crippen LogP contribution in [0.25, 0.3) is 11.0 Å². The van der Waals surface area contributed by atoms with E-state index in [1.807, 2.05) is 12.1 Å². The van der Waals surface area contributed by atoms with Crippen LogP contribution in [0.5, 0.6) is 5.88 Å². The first-order valence-electron chi connectivity index (χ1n) is 8.83. The van der Waals surface area contributed by atoms with Gasteiger partial charge in [0.25, 0.3) is 11.4 Å². The monoisotopic (exact) mass is 408 g/mol. The third-order valence-electron chi connectivity index (χ3n) is 4.65. The highest BCUT2D eigenvalue weighted by Gasteiger charge is 2.16. The Morgan fingerprint density at radius 1 is 1.07 bits per heavy atom. The molecule has 0 amide bonds. The first-order chi connectivity index (χ1) is 14.0. The fraction of sp³-hybridized carbons (Fsp3) is 0.143. The van der Waals surface area contributed by atoms with Gasteiger partial charge in [-0.25, -0.2) is 9.67 Å². The summed E-state index contributed by atoms with van der Waals surface area (Å²) in [6.07, 6.45) is 1.59. The minimum atomic E-state index is -0.257. The Labute approximate surface area is 171 Å². The molecule has 0 radical (unpaired) electrons. The lowest BCUT2D eigenvalue weighted by molar-refractivity contribution is 0.103. The zero-order chi connectivity index (χ0) is 20.5. The number of benzene rings is 2. The number of aryl methyl sites for hydroxylation is 1. The second-order valence-corrected chi connectivity index (χ2v) is 6.98. The molecule has 2 aromatic carbocycles. The van der Waals surface area contributed by atoms with Crippen molar-refractivity contribution in [2.45, 2.75) is 6.54 Å². The predicted molar refractivity (Wildman–Crippen MR) is 110 cm³/mol. The van der Waals surface area contributed by atoms with Crippen molar-refractivity contribution in [3.05, 3.63) is 86.9 Å². The standard InChI is InChI=1S/C21H17ClN4O3/c1-25-21(28)18-17(20(24-25)29-2)23-12-26(18)11-13-3-5-14(6-4-13)19(27)15-7-9-16(22)10-8-15/h3-10,12H,11H2,1-2H3. The second kappa shape index (κ2) is 7.52. The van der Waals surface area contributed by atoms with Gasteiger partial charge in [0.05, 0.1) is 13.4 Å². The van der Waals surface area contributed by atoms with Crippen LogP contribution in [0.3, 0.4) is 0 Å². The van der Waals surface area contributed by atoms with E-state index in [1.165, 1.54) is 11.8 Å². The van der Waals surface area contributed by atoms with E-state index in [9.17, 15) is 9.59 Å². The summed E-state index contributed by atoms with van der Waals surface area (Å²) in [6, 6.07) is 14.0. The number of imidazole rings is 1. The number of hydrogen-bond acceptors (Lipinski definition) is 5. The van der Waals surface area contributed by atoms with Crippen LogP contribution in [0.2, 0.25) is 5.02 Å². The Balaban J connectivity index is 1.63. The molecule has 0 spiro atoms. The van der Waals surface area contributed by atoms with Gasteiger partial charge >= 0.3 is 0 Å². The maximum atomic E-state index is 12.6. The molecule has 0 aliphatic carbocycles. The fourth-order valence-corrected chi connectivity index (χ4v) is 3.25. The third kappa shape index (κ3) is 3.52. The molecule has 4 rings (SSSR count). The molecule has 4 aromatic rings. The number of nitrogens with zero attached hydrogens (tertiary/aromatic N) is 4. The minimum absolute atomic E-state index is 0.0778. The number of rotatable bonds is 5. The molecule has 2 aromatic heterocycles. The summed E-state index contributed by atoms with van der Waals surface area (Å²) in [4.78, 5) is 29.4. The van der Waals surface area contributed by atoms with E-state index in [0.29, 0.717) is 39.6 Å². The lowest BCUT2D eigenvalue weighted by Crippen LogP contribution is -2.22. The van der Waals surface area contributed by atoms with Gasteiger partial charge in [0.1, 0.15) is 5.52 Å². The van der Waals surface area contributed by atoms with Crippen LogP contribution in [0, 0.1) is 0 Å². The van der Waals surface area contributed by atoms with Crippen molar-refractivity contribution in [2.75, 3.05) is 7.11 Å². The fourth-order valence-electron chi connectivity index (χ4n) is 3.13. The first-order valence-corrected chi connectivity index (χ1v) is 9.21. The molecule has 146 valence electrons. The predicted octanol–water partition coefficient (Wildman–Crippen LogP) is 3.07. The van der Waals surface area contributed by atoms with E-state index in [1.54, 1.807) is 54.3 Å². The van der Waals surface area contributed by atoms with Gasteiger partial charge in [0.15, 0.2) is 11.3 Å². The number of hydrogen-bond donors (Lipinski definition) is 0. The van der Waals surface area contributed by atoms with E-state index in [-0.39, 0.29) is 11.3 Å². The summed E-state index contributed by atoms with van der Waals surface area (Å²) in [5, 5.41) is 4.65. The molecule has 0 aliphatic heterocycles.